The molecule has 0 atom stereocenters. The van der Waals surface area contributed by atoms with Crippen LogP contribution in [-0.4, -0.2) is 13.1 Å². The van der Waals surface area contributed by atoms with Gasteiger partial charge in [-0.3, -0.25) is 0 Å². The summed E-state index contributed by atoms with van der Waals surface area (Å²) in [5.74, 6) is 0.973. The molecule has 1 nitrogen and oxygen atoms in total. The van der Waals surface area contributed by atoms with Gasteiger partial charge in [-0.05, 0) is 31.8 Å². The standard InChI is InChI=1S/C6H13N.CH3.Y/c1-6-2-4-7-5-3-6;;/h6-7H,2-5H2,1H3;1H3;/q;-1;. The Morgan fingerprint density at radius 1 is 1.22 bits per heavy atom. The number of hydrogen-bond acceptors (Lipinski definition) is 1. The number of piperidine rings is 1. The van der Waals surface area contributed by atoms with Crippen molar-refractivity contribution in [2.24, 2.45) is 5.92 Å². The minimum Gasteiger partial charge on any atom is -0.358 e. The van der Waals surface area contributed by atoms with Gasteiger partial charge in [0.25, 0.3) is 0 Å². The summed E-state index contributed by atoms with van der Waals surface area (Å²) in [7, 11) is 0. The first-order valence-electron chi connectivity index (χ1n) is 3.10. The number of hydrogen-bond donors (Lipinski definition) is 1. The van der Waals surface area contributed by atoms with Gasteiger partial charge in [-0.25, -0.2) is 0 Å². The molecule has 1 rings (SSSR count). The van der Waals surface area contributed by atoms with Crippen LogP contribution in [-0.2, 0) is 32.7 Å². The largest absolute Gasteiger partial charge is 0.358 e. The third-order valence-corrected chi connectivity index (χ3v) is 1.63. The zero-order valence-corrected chi connectivity index (χ0v) is 9.32. The van der Waals surface area contributed by atoms with Crippen molar-refractivity contribution in [2.75, 3.05) is 13.1 Å². The maximum atomic E-state index is 3.32. The second kappa shape index (κ2) is 7.17. The van der Waals surface area contributed by atoms with Crippen LogP contribution in [0.1, 0.15) is 19.8 Å². The third kappa shape index (κ3) is 5.51. The van der Waals surface area contributed by atoms with Crippen LogP contribution in [0.2, 0.25) is 0 Å². The molecular weight excluding hydrogens is 187 g/mol. The number of nitrogens with one attached hydrogen (secondary N) is 1. The second-order valence-corrected chi connectivity index (χ2v) is 2.43. The van der Waals surface area contributed by atoms with Gasteiger partial charge in [0.2, 0.25) is 0 Å². The Morgan fingerprint density at radius 2 is 1.67 bits per heavy atom. The topological polar surface area (TPSA) is 12.0 Å². The van der Waals surface area contributed by atoms with Crippen LogP contribution in [0.5, 0.6) is 0 Å². The van der Waals surface area contributed by atoms with E-state index in [4.69, 9.17) is 0 Å². The maximum absolute atomic E-state index is 3.32. The molecular formula is C7H16NY-. The molecule has 53 valence electrons. The number of rotatable bonds is 0. The molecule has 0 saturated carbocycles. The molecule has 1 aliphatic heterocycles. The van der Waals surface area contributed by atoms with Gasteiger partial charge in [0.05, 0.1) is 0 Å². The zero-order chi connectivity index (χ0) is 5.11. The third-order valence-electron chi connectivity index (χ3n) is 1.63. The van der Waals surface area contributed by atoms with Crippen molar-refractivity contribution in [1.29, 1.82) is 0 Å². The van der Waals surface area contributed by atoms with E-state index in [0.29, 0.717) is 0 Å². The first kappa shape index (κ1) is 12.7. The van der Waals surface area contributed by atoms with E-state index in [1.165, 1.54) is 25.9 Å². The molecule has 0 unspecified atom stereocenters. The van der Waals surface area contributed by atoms with E-state index in [1.807, 2.05) is 0 Å². The fourth-order valence-electron chi connectivity index (χ4n) is 0.966. The summed E-state index contributed by atoms with van der Waals surface area (Å²) >= 11 is 0. The Balaban J connectivity index is 0. The van der Waals surface area contributed by atoms with Gasteiger partial charge >= 0.3 is 0 Å². The molecule has 1 radical (unpaired) electrons. The molecule has 0 spiro atoms. The van der Waals surface area contributed by atoms with Crippen LogP contribution in [0.3, 0.4) is 0 Å². The molecule has 1 saturated heterocycles. The zero-order valence-electron chi connectivity index (χ0n) is 6.48. The van der Waals surface area contributed by atoms with E-state index in [-0.39, 0.29) is 40.1 Å². The van der Waals surface area contributed by atoms with Gasteiger partial charge in [-0.1, -0.05) is 6.92 Å². The Morgan fingerprint density at radius 3 is 1.89 bits per heavy atom. The molecule has 0 bridgehead atoms. The van der Waals surface area contributed by atoms with E-state index in [0.717, 1.165) is 5.92 Å². The molecule has 9 heavy (non-hydrogen) atoms. The van der Waals surface area contributed by atoms with Gasteiger partial charge in [0.15, 0.2) is 0 Å². The molecule has 1 aliphatic rings. The van der Waals surface area contributed by atoms with Crippen molar-refractivity contribution in [2.45, 2.75) is 19.8 Å². The molecule has 0 aliphatic carbocycles. The first-order valence-corrected chi connectivity index (χ1v) is 3.10. The maximum Gasteiger partial charge on any atom is 0 e. The molecule has 0 aromatic rings. The van der Waals surface area contributed by atoms with E-state index in [2.05, 4.69) is 12.2 Å². The van der Waals surface area contributed by atoms with Crippen LogP contribution < -0.4 is 5.32 Å². The van der Waals surface area contributed by atoms with Crippen LogP contribution in [0, 0.1) is 13.3 Å². The summed E-state index contributed by atoms with van der Waals surface area (Å²) in [4.78, 5) is 0. The monoisotopic (exact) mass is 203 g/mol. The second-order valence-electron chi connectivity index (χ2n) is 2.43. The first-order chi connectivity index (χ1) is 3.39. The SMILES string of the molecule is CC1CCNCC1.[CH3-].[Y]. The summed E-state index contributed by atoms with van der Waals surface area (Å²) in [5, 5.41) is 3.32. The molecule has 0 aromatic carbocycles. The smallest absolute Gasteiger partial charge is 0 e. The predicted molar refractivity (Wildman–Crippen MR) is 37.7 cm³/mol. The van der Waals surface area contributed by atoms with Crippen molar-refractivity contribution < 1.29 is 32.7 Å². The van der Waals surface area contributed by atoms with Crippen LogP contribution >= 0.6 is 0 Å². The van der Waals surface area contributed by atoms with Gasteiger partial charge < -0.3 is 12.7 Å². The van der Waals surface area contributed by atoms with E-state index in [9.17, 15) is 0 Å². The average Bonchev–Trinajstić information content (AvgIpc) is 1.69. The molecule has 0 aromatic heterocycles. The van der Waals surface area contributed by atoms with Crippen LogP contribution in [0.15, 0.2) is 0 Å². The van der Waals surface area contributed by atoms with Crippen molar-refractivity contribution in [3.8, 4) is 0 Å². The minimum atomic E-state index is 0. The molecule has 0 amide bonds. The van der Waals surface area contributed by atoms with Crippen molar-refractivity contribution in [1.82, 2.24) is 5.32 Å². The Hall–Kier alpha value is 1.06. The van der Waals surface area contributed by atoms with Crippen LogP contribution in [0.25, 0.3) is 0 Å². The molecule has 1 heterocycles. The minimum absolute atomic E-state index is 0. The van der Waals surface area contributed by atoms with Crippen molar-refractivity contribution >= 4 is 0 Å². The summed E-state index contributed by atoms with van der Waals surface area (Å²) in [5.41, 5.74) is 0. The van der Waals surface area contributed by atoms with Crippen LogP contribution in [0.4, 0.5) is 0 Å². The molecule has 1 fully saturated rings. The quantitative estimate of drug-likeness (QED) is 0.587. The van der Waals surface area contributed by atoms with Gasteiger partial charge in [0.1, 0.15) is 0 Å². The molecule has 2 heteroatoms. The summed E-state index contributed by atoms with van der Waals surface area (Å²) in [6.07, 6.45) is 2.75. The van der Waals surface area contributed by atoms with E-state index >= 15 is 0 Å². The summed E-state index contributed by atoms with van der Waals surface area (Å²) < 4.78 is 0. The van der Waals surface area contributed by atoms with Crippen molar-refractivity contribution in [3.05, 3.63) is 7.43 Å². The van der Waals surface area contributed by atoms with E-state index in [1.54, 1.807) is 0 Å². The van der Waals surface area contributed by atoms with Gasteiger partial charge in [-0.2, -0.15) is 0 Å². The Bertz CT molecular complexity index is 50.9. The predicted octanol–water partition coefficient (Wildman–Crippen LogP) is 1.45. The fraction of sp³-hybridized carbons (Fsp3) is 0.857. The average molecular weight is 203 g/mol. The van der Waals surface area contributed by atoms with Gasteiger partial charge in [0, 0.05) is 32.7 Å². The summed E-state index contributed by atoms with van der Waals surface area (Å²) in [6.45, 7) is 4.79. The van der Waals surface area contributed by atoms with Crippen molar-refractivity contribution in [3.63, 3.8) is 0 Å². The fourth-order valence-corrected chi connectivity index (χ4v) is 0.966. The van der Waals surface area contributed by atoms with E-state index < -0.39 is 0 Å². The molecule has 1 N–H and O–H groups in total. The van der Waals surface area contributed by atoms with Gasteiger partial charge in [-0.15, -0.1) is 0 Å². The Kier molecular flexibility index (Phi) is 10.1. The summed E-state index contributed by atoms with van der Waals surface area (Å²) in [6, 6.07) is 0. The Labute approximate surface area is 83.9 Å². The normalized spacial score (nSPS) is 19.7.